The molecule has 11 nitrogen and oxygen atoms in total. The molecular formula is C15H23N7O4. The second-order valence-corrected chi connectivity index (χ2v) is 6.25. The summed E-state index contributed by atoms with van der Waals surface area (Å²) in [6.45, 7) is 1.52. The van der Waals surface area contributed by atoms with Crippen molar-refractivity contribution in [3.63, 3.8) is 0 Å². The van der Waals surface area contributed by atoms with Crippen LogP contribution < -0.4 is 16.8 Å². The van der Waals surface area contributed by atoms with E-state index in [0.29, 0.717) is 17.6 Å². The Morgan fingerprint density at radius 2 is 2.23 bits per heavy atom. The van der Waals surface area contributed by atoms with Crippen molar-refractivity contribution in [3.05, 3.63) is 12.7 Å². The third-order valence-electron chi connectivity index (χ3n) is 4.46. The number of nitrogens with one attached hydrogen (secondary N) is 1. The molecule has 0 saturated carbocycles. The molecule has 5 atom stereocenters. The number of aliphatic hydroxyl groups excluding tert-OH is 2. The van der Waals surface area contributed by atoms with Crippen LogP contribution in [0.1, 0.15) is 26.0 Å². The third kappa shape index (κ3) is 3.21. The summed E-state index contributed by atoms with van der Waals surface area (Å²) < 4.78 is 7.28. The number of aliphatic hydroxyl groups is 2. The van der Waals surface area contributed by atoms with E-state index in [0.717, 1.165) is 6.42 Å². The lowest BCUT2D eigenvalue weighted by molar-refractivity contribution is -0.124. The molecule has 1 amide bonds. The molecule has 5 unspecified atom stereocenters. The van der Waals surface area contributed by atoms with Gasteiger partial charge in [0.2, 0.25) is 5.91 Å². The topological polar surface area (TPSA) is 174 Å². The van der Waals surface area contributed by atoms with Crippen molar-refractivity contribution >= 4 is 22.9 Å². The fraction of sp³-hybridized carbons (Fsp3) is 0.600. The van der Waals surface area contributed by atoms with Crippen molar-refractivity contribution in [2.24, 2.45) is 5.73 Å². The number of amides is 1. The van der Waals surface area contributed by atoms with Gasteiger partial charge < -0.3 is 31.7 Å². The lowest BCUT2D eigenvalue weighted by Crippen LogP contribution is -2.51. The van der Waals surface area contributed by atoms with Gasteiger partial charge in [0.15, 0.2) is 17.7 Å². The van der Waals surface area contributed by atoms with Crippen LogP contribution >= 0.6 is 0 Å². The zero-order valence-corrected chi connectivity index (χ0v) is 14.3. The highest BCUT2D eigenvalue weighted by Gasteiger charge is 2.46. The van der Waals surface area contributed by atoms with Gasteiger partial charge in [0.1, 0.15) is 30.1 Å². The molecule has 0 radical (unpaired) electrons. The number of carbonyl (C=O) groups excluding carboxylic acids is 1. The van der Waals surface area contributed by atoms with Gasteiger partial charge in [-0.25, -0.2) is 15.0 Å². The van der Waals surface area contributed by atoms with E-state index in [4.69, 9.17) is 16.2 Å². The predicted molar refractivity (Wildman–Crippen MR) is 91.6 cm³/mol. The van der Waals surface area contributed by atoms with Crippen molar-refractivity contribution in [1.82, 2.24) is 24.8 Å². The summed E-state index contributed by atoms with van der Waals surface area (Å²) in [6.07, 6.45) is 1.17. The highest BCUT2D eigenvalue weighted by atomic mass is 16.5. The molecule has 7 N–H and O–H groups in total. The number of hydrogen-bond acceptors (Lipinski definition) is 9. The van der Waals surface area contributed by atoms with Crippen LogP contribution in [0.15, 0.2) is 12.7 Å². The van der Waals surface area contributed by atoms with Crippen molar-refractivity contribution in [2.75, 3.05) is 12.3 Å². The molecule has 3 heterocycles. The van der Waals surface area contributed by atoms with Gasteiger partial charge in [-0.2, -0.15) is 0 Å². The number of aromatic nitrogens is 4. The second-order valence-electron chi connectivity index (χ2n) is 6.25. The number of rotatable bonds is 6. The van der Waals surface area contributed by atoms with Crippen LogP contribution in [0.25, 0.3) is 11.2 Å². The highest BCUT2D eigenvalue weighted by Crippen LogP contribution is 2.32. The van der Waals surface area contributed by atoms with E-state index in [1.54, 1.807) is 4.57 Å². The molecule has 1 aliphatic heterocycles. The van der Waals surface area contributed by atoms with Crippen LogP contribution in [0, 0.1) is 0 Å². The lowest BCUT2D eigenvalue weighted by atomic mass is 10.1. The number of nitrogens with two attached hydrogens (primary N) is 2. The number of anilines is 1. The van der Waals surface area contributed by atoms with E-state index in [1.807, 2.05) is 6.92 Å². The Hall–Kier alpha value is -2.34. The molecule has 1 fully saturated rings. The number of carbonyl (C=O) groups is 1. The van der Waals surface area contributed by atoms with Crippen molar-refractivity contribution in [2.45, 2.75) is 50.3 Å². The molecule has 1 aliphatic rings. The molecule has 2 aromatic rings. The Kier molecular flexibility index (Phi) is 5.32. The van der Waals surface area contributed by atoms with Crippen molar-refractivity contribution < 1.29 is 19.7 Å². The Morgan fingerprint density at radius 3 is 2.92 bits per heavy atom. The Bertz CT molecular complexity index is 782. The van der Waals surface area contributed by atoms with E-state index in [1.165, 1.54) is 12.7 Å². The summed E-state index contributed by atoms with van der Waals surface area (Å²) in [7, 11) is 0. The molecule has 0 aromatic carbocycles. The maximum absolute atomic E-state index is 12.3. The first-order valence-corrected chi connectivity index (χ1v) is 8.41. The minimum atomic E-state index is -1.13. The largest absolute Gasteiger partial charge is 0.394 e. The van der Waals surface area contributed by atoms with Gasteiger partial charge in [0.25, 0.3) is 0 Å². The number of fused-ring (bicyclic) bond motifs is 1. The van der Waals surface area contributed by atoms with Gasteiger partial charge in [0.05, 0.1) is 19.0 Å². The zero-order chi connectivity index (χ0) is 18.8. The normalized spacial score (nSPS) is 26.9. The van der Waals surface area contributed by atoms with Gasteiger partial charge in [-0.05, 0) is 6.42 Å². The van der Waals surface area contributed by atoms with Crippen molar-refractivity contribution in [1.29, 1.82) is 0 Å². The van der Waals surface area contributed by atoms with Gasteiger partial charge in [-0.1, -0.05) is 13.3 Å². The maximum Gasteiger partial charge on any atom is 0.237 e. The minimum Gasteiger partial charge on any atom is -0.394 e. The predicted octanol–water partition coefficient (Wildman–Crippen LogP) is -1.73. The monoisotopic (exact) mass is 365 g/mol. The van der Waals surface area contributed by atoms with E-state index in [2.05, 4.69) is 20.3 Å². The standard InChI is InChI=1S/C15H23N7O4/c1-2-3-7(16)14(25)21-9-11(24)8(4-23)26-15(9)22-6-20-10-12(17)18-5-19-13(10)22/h5-9,11,15,23-24H,2-4,16H2,1H3,(H,21,25)(H2,17,18,19). The second kappa shape index (κ2) is 7.50. The summed E-state index contributed by atoms with van der Waals surface area (Å²) in [4.78, 5) is 24.5. The molecule has 0 aliphatic carbocycles. The number of imidazole rings is 1. The summed E-state index contributed by atoms with van der Waals surface area (Å²) >= 11 is 0. The summed E-state index contributed by atoms with van der Waals surface area (Å²) in [5.74, 6) is -0.196. The molecule has 1 saturated heterocycles. The first-order valence-electron chi connectivity index (χ1n) is 8.41. The minimum absolute atomic E-state index is 0.205. The summed E-state index contributed by atoms with van der Waals surface area (Å²) in [6, 6.07) is -1.53. The van der Waals surface area contributed by atoms with Gasteiger partial charge in [-0.3, -0.25) is 9.36 Å². The van der Waals surface area contributed by atoms with Crippen LogP contribution in [-0.4, -0.2) is 66.5 Å². The number of nitrogen functional groups attached to an aromatic ring is 1. The molecule has 2 aromatic heterocycles. The molecule has 142 valence electrons. The van der Waals surface area contributed by atoms with Gasteiger partial charge >= 0.3 is 0 Å². The quantitative estimate of drug-likeness (QED) is 0.398. The summed E-state index contributed by atoms with van der Waals surface area (Å²) in [5.41, 5.74) is 12.4. The average Bonchev–Trinajstić information content (AvgIpc) is 3.18. The molecule has 0 bridgehead atoms. The molecule has 0 spiro atoms. The Balaban J connectivity index is 1.92. The lowest BCUT2D eigenvalue weighted by Gasteiger charge is -2.24. The SMILES string of the molecule is CCCC(N)C(=O)NC1C(O)C(CO)OC1n1cnc2c(N)ncnc21. The van der Waals surface area contributed by atoms with E-state index >= 15 is 0 Å². The zero-order valence-electron chi connectivity index (χ0n) is 14.3. The molecule has 11 heteroatoms. The van der Waals surface area contributed by atoms with E-state index in [9.17, 15) is 15.0 Å². The molecular weight excluding hydrogens is 342 g/mol. The van der Waals surface area contributed by atoms with E-state index < -0.39 is 43.0 Å². The third-order valence-corrected chi connectivity index (χ3v) is 4.46. The smallest absolute Gasteiger partial charge is 0.237 e. The number of ether oxygens (including phenoxy) is 1. The van der Waals surface area contributed by atoms with Crippen LogP contribution in [-0.2, 0) is 9.53 Å². The Morgan fingerprint density at radius 1 is 1.46 bits per heavy atom. The van der Waals surface area contributed by atoms with Gasteiger partial charge in [-0.15, -0.1) is 0 Å². The average molecular weight is 365 g/mol. The van der Waals surface area contributed by atoms with Crippen molar-refractivity contribution in [3.8, 4) is 0 Å². The van der Waals surface area contributed by atoms with Crippen LogP contribution in [0.2, 0.25) is 0 Å². The first kappa shape index (κ1) is 18.5. The van der Waals surface area contributed by atoms with Crippen LogP contribution in [0.4, 0.5) is 5.82 Å². The fourth-order valence-corrected chi connectivity index (χ4v) is 3.06. The first-order chi connectivity index (χ1) is 12.5. The molecule has 3 rings (SSSR count). The van der Waals surface area contributed by atoms with E-state index in [-0.39, 0.29) is 5.82 Å². The fourth-order valence-electron chi connectivity index (χ4n) is 3.06. The molecule has 26 heavy (non-hydrogen) atoms. The van der Waals surface area contributed by atoms with Crippen LogP contribution in [0.3, 0.4) is 0 Å². The maximum atomic E-state index is 12.3. The van der Waals surface area contributed by atoms with Gasteiger partial charge in [0, 0.05) is 0 Å². The number of hydrogen-bond donors (Lipinski definition) is 5. The highest BCUT2D eigenvalue weighted by molar-refractivity contribution is 5.82. The number of nitrogens with zero attached hydrogens (tertiary/aromatic N) is 4. The Labute approximate surface area is 149 Å². The van der Waals surface area contributed by atoms with Crippen LogP contribution in [0.5, 0.6) is 0 Å². The summed E-state index contributed by atoms with van der Waals surface area (Å²) in [5, 5.41) is 22.7.